The van der Waals surface area contributed by atoms with Gasteiger partial charge in [0.1, 0.15) is 53.2 Å². The number of aryl methyl sites for hydroxylation is 1. The van der Waals surface area contributed by atoms with Crippen LogP contribution in [0.5, 0.6) is 17.2 Å². The molecule has 27 heteroatoms. The lowest BCUT2D eigenvalue weighted by molar-refractivity contribution is -0.150. The van der Waals surface area contributed by atoms with Crippen LogP contribution in [0.15, 0.2) is 69.9 Å². The summed E-state index contributed by atoms with van der Waals surface area (Å²) in [6, 6.07) is 13.3. The highest BCUT2D eigenvalue weighted by Crippen LogP contribution is 2.46. The molecule has 0 fully saturated rings. The smallest absolute Gasteiger partial charge is 0.427 e. The summed E-state index contributed by atoms with van der Waals surface area (Å²) in [4.78, 5) is 125. The third-order valence-electron chi connectivity index (χ3n) is 9.26. The van der Waals surface area contributed by atoms with Gasteiger partial charge in [-0.1, -0.05) is 35.3 Å². The number of fused-ring (bicyclic) bond motifs is 2. The lowest BCUT2D eigenvalue weighted by Gasteiger charge is -2.24. The second kappa shape index (κ2) is 26.0. The minimum Gasteiger partial charge on any atom is -0.488 e. The standard InChI is InChI=1S/C47H42Cl2N2O23/c1-24-7-9-35(50(44(58)70-20-65-26(3)53)45(59)71-21-66-27(4)54)41(13-24)62-11-12-63-42-14-30(8-10-36(42)51(46(60)72-22-67-28(5)55)47(61)73-23-68-29(6)56)43-31-15-33(48)37(57)17-38(31)74-39-18-40(34(49)16-32(39)43)69-19-64-25(2)52/h7-10,13-18H,11-12,19-23H2,1-6H3. The number of esters is 5. The summed E-state index contributed by atoms with van der Waals surface area (Å²) in [6.07, 6.45) is -5.81. The SMILES string of the molecule is CC(=O)OCOC(=O)N(C(=O)OCOC(C)=O)c1ccc(C)cc1OCCOc1cc(-c2c3cc(Cl)c(=O)cc-3oc3cc(OCOC(C)=O)c(Cl)cc23)ccc1N(C(=O)OCOC(C)=O)C(=O)OCOC(C)=O. The van der Waals surface area contributed by atoms with E-state index in [1.165, 1.54) is 61.5 Å². The molecule has 0 saturated carbocycles. The maximum Gasteiger partial charge on any atom is 0.427 e. The van der Waals surface area contributed by atoms with Crippen molar-refractivity contribution in [2.45, 2.75) is 41.5 Å². The highest BCUT2D eigenvalue weighted by molar-refractivity contribution is 6.33. The minimum atomic E-state index is -1.49. The lowest BCUT2D eigenvalue weighted by Crippen LogP contribution is -2.39. The van der Waals surface area contributed by atoms with E-state index in [0.717, 1.165) is 33.8 Å². The van der Waals surface area contributed by atoms with E-state index in [4.69, 9.17) is 75.0 Å². The second-order valence-electron chi connectivity index (χ2n) is 14.6. The fourth-order valence-corrected chi connectivity index (χ4v) is 6.52. The quantitative estimate of drug-likeness (QED) is 0.0250. The highest BCUT2D eigenvalue weighted by atomic mass is 35.5. The van der Waals surface area contributed by atoms with E-state index in [1.807, 2.05) is 0 Å². The molecule has 0 atom stereocenters. The van der Waals surface area contributed by atoms with Gasteiger partial charge in [-0.2, -0.15) is 9.80 Å². The average molecular weight is 1070 g/mol. The minimum absolute atomic E-state index is 0.00106. The molecule has 0 N–H and O–H groups in total. The molecular formula is C47H42Cl2N2O23. The topological polar surface area (TPSA) is 301 Å². The number of nitrogens with zero attached hydrogens (tertiary/aromatic N) is 2. The number of rotatable bonds is 19. The second-order valence-corrected chi connectivity index (χ2v) is 15.4. The predicted molar refractivity (Wildman–Crippen MR) is 251 cm³/mol. The van der Waals surface area contributed by atoms with Gasteiger partial charge in [-0.05, 0) is 54.4 Å². The highest BCUT2D eigenvalue weighted by Gasteiger charge is 2.33. The molecule has 1 aliphatic carbocycles. The third kappa shape index (κ3) is 15.3. The maximum absolute atomic E-state index is 13.7. The lowest BCUT2D eigenvalue weighted by atomic mass is 9.93. The van der Waals surface area contributed by atoms with Gasteiger partial charge < -0.3 is 61.3 Å². The zero-order chi connectivity index (χ0) is 54.2. The van der Waals surface area contributed by atoms with Crippen LogP contribution in [0.1, 0.15) is 40.2 Å². The number of amides is 4. The number of anilines is 2. The number of carbonyl (C=O) groups is 9. The van der Waals surface area contributed by atoms with Gasteiger partial charge in [-0.15, -0.1) is 0 Å². The van der Waals surface area contributed by atoms with Crippen LogP contribution in [0.3, 0.4) is 0 Å². The zero-order valence-electron chi connectivity index (χ0n) is 39.8. The fourth-order valence-electron chi connectivity index (χ4n) is 6.14. The molecule has 1 heterocycles. The Bertz CT molecular complexity index is 2950. The van der Waals surface area contributed by atoms with Crippen molar-refractivity contribution < 1.29 is 104 Å². The van der Waals surface area contributed by atoms with Gasteiger partial charge in [0.05, 0.1) is 10.0 Å². The number of hydrogen-bond acceptors (Lipinski definition) is 23. The number of halogens is 2. The van der Waals surface area contributed by atoms with Gasteiger partial charge in [0.15, 0.2) is 0 Å². The van der Waals surface area contributed by atoms with Gasteiger partial charge in [0, 0.05) is 63.3 Å². The van der Waals surface area contributed by atoms with E-state index in [-0.39, 0.29) is 66.4 Å². The number of hydrogen-bond donors (Lipinski definition) is 0. The van der Waals surface area contributed by atoms with Crippen molar-refractivity contribution >= 4 is 99.8 Å². The van der Waals surface area contributed by atoms with Crippen molar-refractivity contribution in [3.63, 3.8) is 0 Å². The summed E-state index contributed by atoms with van der Waals surface area (Å²) >= 11 is 13.0. The van der Waals surface area contributed by atoms with E-state index >= 15 is 0 Å². The normalized spacial score (nSPS) is 10.5. The summed E-state index contributed by atoms with van der Waals surface area (Å²) in [5.41, 5.74) is 0.0394. The molecule has 0 radical (unpaired) electrons. The number of imide groups is 2. The number of carbonyl (C=O) groups excluding carboxylic acids is 9. The summed E-state index contributed by atoms with van der Waals surface area (Å²) in [7, 11) is 0. The molecule has 0 aromatic heterocycles. The molecule has 0 unspecified atom stereocenters. The van der Waals surface area contributed by atoms with E-state index < -0.39 is 113 Å². The molecular weight excluding hydrogens is 1030 g/mol. The van der Waals surface area contributed by atoms with Crippen LogP contribution in [-0.2, 0) is 66.6 Å². The summed E-state index contributed by atoms with van der Waals surface area (Å²) in [5.74, 6) is -4.45. The first kappa shape index (κ1) is 56.1. The van der Waals surface area contributed by atoms with Crippen LogP contribution in [0, 0.1) is 6.92 Å². The van der Waals surface area contributed by atoms with Crippen molar-refractivity contribution in [1.29, 1.82) is 0 Å². The van der Waals surface area contributed by atoms with Crippen LogP contribution >= 0.6 is 23.2 Å². The van der Waals surface area contributed by atoms with Crippen molar-refractivity contribution in [2.24, 2.45) is 0 Å². The summed E-state index contributed by atoms with van der Waals surface area (Å²) < 4.78 is 67.6. The molecule has 25 nitrogen and oxygen atoms in total. The average Bonchev–Trinajstić information content (AvgIpc) is 3.31. The molecule has 1 aliphatic heterocycles. The van der Waals surface area contributed by atoms with Gasteiger partial charge >= 0.3 is 54.2 Å². The van der Waals surface area contributed by atoms with Gasteiger partial charge in [-0.25, -0.2) is 19.2 Å². The molecule has 5 rings (SSSR count). The Balaban J connectivity index is 1.63. The van der Waals surface area contributed by atoms with Gasteiger partial charge in [0.25, 0.3) is 0 Å². The van der Waals surface area contributed by atoms with Crippen LogP contribution in [0.2, 0.25) is 10.0 Å². The van der Waals surface area contributed by atoms with Gasteiger partial charge in [-0.3, -0.25) is 28.8 Å². The Kier molecular flexibility index (Phi) is 19.7. The Hall–Kier alpha value is -8.84. The van der Waals surface area contributed by atoms with E-state index in [1.54, 1.807) is 6.92 Å². The van der Waals surface area contributed by atoms with Crippen LogP contribution in [0.4, 0.5) is 30.6 Å². The van der Waals surface area contributed by atoms with Gasteiger partial charge in [0.2, 0.25) is 39.4 Å². The van der Waals surface area contributed by atoms with E-state index in [9.17, 15) is 47.9 Å². The first-order valence-electron chi connectivity index (χ1n) is 21.1. The van der Waals surface area contributed by atoms with Crippen LogP contribution < -0.4 is 29.4 Å². The Morgan fingerprint density at radius 1 is 0.486 bits per heavy atom. The monoisotopic (exact) mass is 1070 g/mol. The summed E-state index contributed by atoms with van der Waals surface area (Å²) in [6.45, 7) is 1.68. The van der Waals surface area contributed by atoms with E-state index in [0.29, 0.717) is 15.4 Å². The van der Waals surface area contributed by atoms with Crippen molar-refractivity contribution in [1.82, 2.24) is 0 Å². The molecule has 0 saturated heterocycles. The fraction of sp³-hybridized carbons (Fsp3) is 0.277. The molecule has 4 amide bonds. The third-order valence-corrected chi connectivity index (χ3v) is 9.85. The largest absolute Gasteiger partial charge is 0.488 e. The van der Waals surface area contributed by atoms with Crippen molar-refractivity contribution in [3.8, 4) is 39.7 Å². The number of benzene rings is 4. The molecule has 2 aliphatic rings. The Labute approximate surface area is 427 Å². The first-order valence-corrected chi connectivity index (χ1v) is 21.9. The molecule has 3 aromatic carbocycles. The van der Waals surface area contributed by atoms with E-state index in [2.05, 4.69) is 9.47 Å². The first-order chi connectivity index (χ1) is 35.1. The maximum atomic E-state index is 13.7. The number of ether oxygens (including phenoxy) is 12. The summed E-state index contributed by atoms with van der Waals surface area (Å²) in [5, 5.41) is 0.0540. The van der Waals surface area contributed by atoms with Crippen molar-refractivity contribution in [2.75, 3.05) is 57.0 Å². The van der Waals surface area contributed by atoms with Crippen molar-refractivity contribution in [3.05, 3.63) is 86.5 Å². The molecule has 0 spiro atoms. The molecule has 0 bridgehead atoms. The molecule has 392 valence electrons. The predicted octanol–water partition coefficient (Wildman–Crippen LogP) is 7.78. The molecule has 74 heavy (non-hydrogen) atoms. The van der Waals surface area contributed by atoms with Crippen LogP contribution in [-0.4, -0.2) is 101 Å². The Morgan fingerprint density at radius 3 is 1.41 bits per heavy atom. The Morgan fingerprint density at radius 2 is 0.932 bits per heavy atom. The molecule has 3 aromatic rings. The van der Waals surface area contributed by atoms with Crippen LogP contribution in [0.25, 0.3) is 33.4 Å². The zero-order valence-corrected chi connectivity index (χ0v) is 41.3.